The zero-order chi connectivity index (χ0) is 15.0. The van der Waals surface area contributed by atoms with E-state index >= 15 is 0 Å². The molecule has 1 amide bonds. The fourth-order valence-corrected chi connectivity index (χ4v) is 3.05. The molecule has 2 aromatic rings. The molecule has 0 radical (unpaired) electrons. The first-order valence-corrected chi connectivity index (χ1v) is 7.58. The van der Waals surface area contributed by atoms with Crippen LogP contribution in [0.4, 0.5) is 0 Å². The number of carbonyl (C=O) groups is 1. The van der Waals surface area contributed by atoms with Crippen molar-refractivity contribution in [3.8, 4) is 0 Å². The number of hydrogen-bond donors (Lipinski definition) is 1. The summed E-state index contributed by atoms with van der Waals surface area (Å²) in [6.07, 6.45) is 4.58. The van der Waals surface area contributed by atoms with Crippen LogP contribution in [-0.4, -0.2) is 17.0 Å². The Morgan fingerprint density at radius 3 is 3.00 bits per heavy atom. The highest BCUT2D eigenvalue weighted by atomic mass is 16.2. The smallest absolute Gasteiger partial charge is 0.256 e. The third-order valence-corrected chi connectivity index (χ3v) is 4.19. The van der Waals surface area contributed by atoms with Crippen LogP contribution in [0.3, 0.4) is 0 Å². The average Bonchev–Trinajstić information content (AvgIpc) is 2.79. The molecule has 2 heterocycles. The van der Waals surface area contributed by atoms with E-state index < -0.39 is 0 Å². The van der Waals surface area contributed by atoms with E-state index in [1.54, 1.807) is 6.20 Å². The van der Waals surface area contributed by atoms with Crippen molar-refractivity contribution in [2.24, 2.45) is 0 Å². The number of carbonyl (C=O) groups excluding carboxylic acids is 1. The topological polar surface area (TPSA) is 51.1 Å². The van der Waals surface area contributed by atoms with Gasteiger partial charge in [-0.2, -0.15) is 0 Å². The number of pyridine rings is 1. The fraction of sp³-hybridized carbons (Fsp3) is 0.412. The molecule has 0 bridgehead atoms. The van der Waals surface area contributed by atoms with Crippen molar-refractivity contribution in [3.05, 3.63) is 45.7 Å². The SMILES string of the molecule is CCCCNC(=O)c1cn2c3c(cccc3c1=O)C[C@H]2C. The number of rotatable bonds is 4. The molecule has 1 aliphatic heterocycles. The maximum absolute atomic E-state index is 12.6. The van der Waals surface area contributed by atoms with Gasteiger partial charge in [-0.1, -0.05) is 25.5 Å². The van der Waals surface area contributed by atoms with Gasteiger partial charge in [-0.3, -0.25) is 9.59 Å². The van der Waals surface area contributed by atoms with Crippen molar-refractivity contribution in [1.29, 1.82) is 0 Å². The van der Waals surface area contributed by atoms with Gasteiger partial charge in [0.25, 0.3) is 5.91 Å². The fourth-order valence-electron chi connectivity index (χ4n) is 3.05. The highest BCUT2D eigenvalue weighted by Crippen LogP contribution is 2.30. The van der Waals surface area contributed by atoms with Crippen LogP contribution in [0.15, 0.2) is 29.2 Å². The summed E-state index contributed by atoms with van der Waals surface area (Å²) < 4.78 is 2.07. The van der Waals surface area contributed by atoms with Gasteiger partial charge in [0.1, 0.15) is 5.56 Å². The molecule has 0 fully saturated rings. The third-order valence-electron chi connectivity index (χ3n) is 4.19. The molecule has 21 heavy (non-hydrogen) atoms. The monoisotopic (exact) mass is 284 g/mol. The molecule has 0 aliphatic carbocycles. The molecule has 1 atom stereocenters. The van der Waals surface area contributed by atoms with Crippen LogP contribution in [0.2, 0.25) is 0 Å². The Labute approximate surface area is 123 Å². The highest BCUT2D eigenvalue weighted by molar-refractivity contribution is 5.98. The lowest BCUT2D eigenvalue weighted by atomic mass is 10.1. The van der Waals surface area contributed by atoms with E-state index in [0.717, 1.165) is 24.8 Å². The number of benzene rings is 1. The Bertz CT molecular complexity index is 761. The van der Waals surface area contributed by atoms with Crippen molar-refractivity contribution in [2.45, 2.75) is 39.2 Å². The molecule has 0 saturated carbocycles. The Morgan fingerprint density at radius 1 is 1.43 bits per heavy atom. The predicted octanol–water partition coefficient (Wildman–Crippen LogP) is 2.65. The van der Waals surface area contributed by atoms with Gasteiger partial charge in [-0.15, -0.1) is 0 Å². The molecule has 0 spiro atoms. The van der Waals surface area contributed by atoms with Gasteiger partial charge in [-0.05, 0) is 31.4 Å². The van der Waals surface area contributed by atoms with Crippen LogP contribution in [0.25, 0.3) is 10.9 Å². The highest BCUT2D eigenvalue weighted by Gasteiger charge is 2.24. The number of nitrogens with zero attached hydrogens (tertiary/aromatic N) is 1. The summed E-state index contributed by atoms with van der Waals surface area (Å²) in [5, 5.41) is 3.49. The summed E-state index contributed by atoms with van der Waals surface area (Å²) in [5.41, 5.74) is 2.27. The van der Waals surface area contributed by atoms with Gasteiger partial charge < -0.3 is 9.88 Å². The van der Waals surface area contributed by atoms with Crippen LogP contribution in [0, 0.1) is 0 Å². The first-order chi connectivity index (χ1) is 10.1. The van der Waals surface area contributed by atoms with Gasteiger partial charge in [0.15, 0.2) is 0 Å². The first-order valence-electron chi connectivity index (χ1n) is 7.58. The Morgan fingerprint density at radius 2 is 2.24 bits per heavy atom. The van der Waals surface area contributed by atoms with Gasteiger partial charge in [0, 0.05) is 24.2 Å². The van der Waals surface area contributed by atoms with E-state index in [9.17, 15) is 9.59 Å². The summed E-state index contributed by atoms with van der Waals surface area (Å²) in [6, 6.07) is 6.06. The number of nitrogens with one attached hydrogen (secondary N) is 1. The molecule has 4 nitrogen and oxygen atoms in total. The largest absolute Gasteiger partial charge is 0.352 e. The van der Waals surface area contributed by atoms with Crippen molar-refractivity contribution in [1.82, 2.24) is 9.88 Å². The summed E-state index contributed by atoms with van der Waals surface area (Å²) in [4.78, 5) is 24.8. The Balaban J connectivity index is 2.09. The van der Waals surface area contributed by atoms with Crippen LogP contribution in [0.1, 0.15) is 48.7 Å². The quantitative estimate of drug-likeness (QED) is 0.878. The average molecular weight is 284 g/mol. The van der Waals surface area contributed by atoms with Crippen molar-refractivity contribution >= 4 is 16.8 Å². The van der Waals surface area contributed by atoms with Crippen LogP contribution >= 0.6 is 0 Å². The lowest BCUT2D eigenvalue weighted by molar-refractivity contribution is 0.0951. The second kappa shape index (κ2) is 5.35. The van der Waals surface area contributed by atoms with Crippen molar-refractivity contribution in [2.75, 3.05) is 6.54 Å². The van der Waals surface area contributed by atoms with Crippen LogP contribution in [0.5, 0.6) is 0 Å². The first kappa shape index (κ1) is 13.9. The number of aromatic nitrogens is 1. The van der Waals surface area contributed by atoms with E-state index in [4.69, 9.17) is 0 Å². The molecule has 3 rings (SSSR count). The zero-order valence-corrected chi connectivity index (χ0v) is 12.5. The molecular weight excluding hydrogens is 264 g/mol. The van der Waals surface area contributed by atoms with E-state index in [2.05, 4.69) is 29.8 Å². The number of hydrogen-bond acceptors (Lipinski definition) is 2. The Hall–Kier alpha value is -2.10. The molecule has 110 valence electrons. The summed E-state index contributed by atoms with van der Waals surface area (Å²) in [5.74, 6) is -0.261. The van der Waals surface area contributed by atoms with E-state index in [1.807, 2.05) is 12.1 Å². The minimum atomic E-state index is -0.261. The molecule has 1 aliphatic rings. The van der Waals surface area contributed by atoms with Crippen LogP contribution in [-0.2, 0) is 6.42 Å². The maximum Gasteiger partial charge on any atom is 0.256 e. The third kappa shape index (κ3) is 2.24. The molecule has 1 aromatic carbocycles. The molecule has 0 saturated heterocycles. The Kier molecular flexibility index (Phi) is 3.53. The van der Waals surface area contributed by atoms with Gasteiger partial charge >= 0.3 is 0 Å². The molecule has 1 N–H and O–H groups in total. The second-order valence-corrected chi connectivity index (χ2v) is 5.76. The standard InChI is InChI=1S/C17H20N2O2/c1-3-4-8-18-17(21)14-10-19-11(2)9-12-6-5-7-13(15(12)19)16(14)20/h5-7,10-11H,3-4,8-9H2,1-2H3,(H,18,21)/t11-/m1/s1. The lowest BCUT2D eigenvalue weighted by Crippen LogP contribution is -2.30. The minimum absolute atomic E-state index is 0.161. The van der Waals surface area contributed by atoms with Gasteiger partial charge in [-0.25, -0.2) is 0 Å². The molecular formula is C17H20N2O2. The minimum Gasteiger partial charge on any atom is -0.352 e. The molecule has 0 unspecified atom stereocenters. The maximum atomic E-state index is 12.6. The van der Waals surface area contributed by atoms with Crippen LogP contribution < -0.4 is 10.7 Å². The van der Waals surface area contributed by atoms with Gasteiger partial charge in [0.2, 0.25) is 5.43 Å². The zero-order valence-electron chi connectivity index (χ0n) is 12.5. The lowest BCUT2D eigenvalue weighted by Gasteiger charge is -2.12. The molecule has 4 heteroatoms. The summed E-state index contributed by atoms with van der Waals surface area (Å²) >= 11 is 0. The van der Waals surface area contributed by atoms with E-state index in [1.165, 1.54) is 5.56 Å². The van der Waals surface area contributed by atoms with Crippen molar-refractivity contribution < 1.29 is 4.79 Å². The van der Waals surface area contributed by atoms with Crippen molar-refractivity contribution in [3.63, 3.8) is 0 Å². The number of para-hydroxylation sites is 1. The van der Waals surface area contributed by atoms with E-state index in [-0.39, 0.29) is 22.9 Å². The second-order valence-electron chi connectivity index (χ2n) is 5.76. The van der Waals surface area contributed by atoms with E-state index in [0.29, 0.717) is 11.9 Å². The normalized spacial score (nSPS) is 16.4. The predicted molar refractivity (Wildman–Crippen MR) is 83.9 cm³/mol. The number of unbranched alkanes of at least 4 members (excludes halogenated alkanes) is 1. The number of amides is 1. The van der Waals surface area contributed by atoms with Gasteiger partial charge in [0.05, 0.1) is 5.52 Å². The summed E-state index contributed by atoms with van der Waals surface area (Å²) in [7, 11) is 0. The molecule has 1 aromatic heterocycles. The summed E-state index contributed by atoms with van der Waals surface area (Å²) in [6.45, 7) is 4.80.